The van der Waals surface area contributed by atoms with E-state index in [0.29, 0.717) is 5.82 Å². The predicted octanol–water partition coefficient (Wildman–Crippen LogP) is 0.652. The number of amides is 1. The van der Waals surface area contributed by atoms with Crippen molar-refractivity contribution < 1.29 is 9.32 Å². The quantitative estimate of drug-likeness (QED) is 0.816. The van der Waals surface area contributed by atoms with Crippen LogP contribution in [0.3, 0.4) is 0 Å². The smallest absolute Gasteiger partial charge is 0.237 e. The molecule has 1 amide bonds. The van der Waals surface area contributed by atoms with Crippen molar-refractivity contribution in [2.75, 3.05) is 0 Å². The number of nitrogens with one attached hydrogen (secondary N) is 1. The minimum absolute atomic E-state index is 0. The number of halogens is 1. The molecular formula is C9H17ClN4O2. The molecule has 0 radical (unpaired) electrons. The Kier molecular flexibility index (Phi) is 5.98. The third kappa shape index (κ3) is 3.79. The third-order valence-electron chi connectivity index (χ3n) is 2.15. The van der Waals surface area contributed by atoms with Crippen LogP contribution in [-0.4, -0.2) is 22.1 Å². The van der Waals surface area contributed by atoms with E-state index in [1.165, 1.54) is 6.39 Å². The van der Waals surface area contributed by atoms with Gasteiger partial charge in [0.15, 0.2) is 5.82 Å². The van der Waals surface area contributed by atoms with Crippen LogP contribution in [-0.2, 0) is 4.79 Å². The molecule has 1 aromatic heterocycles. The van der Waals surface area contributed by atoms with Gasteiger partial charge < -0.3 is 15.6 Å². The molecule has 3 N–H and O–H groups in total. The molecule has 16 heavy (non-hydrogen) atoms. The van der Waals surface area contributed by atoms with Crippen LogP contribution < -0.4 is 11.1 Å². The summed E-state index contributed by atoms with van der Waals surface area (Å²) in [5, 5.41) is 6.35. The summed E-state index contributed by atoms with van der Waals surface area (Å²) in [6.07, 6.45) is 1.22. The Labute approximate surface area is 100 Å². The molecule has 0 aliphatic carbocycles. The van der Waals surface area contributed by atoms with Crippen LogP contribution in [0.25, 0.3) is 0 Å². The van der Waals surface area contributed by atoms with Gasteiger partial charge in [-0.15, -0.1) is 12.4 Å². The number of nitrogens with zero attached hydrogens (tertiary/aromatic N) is 2. The van der Waals surface area contributed by atoms with Crippen molar-refractivity contribution in [1.29, 1.82) is 0 Å². The Hall–Kier alpha value is -1.14. The van der Waals surface area contributed by atoms with E-state index in [4.69, 9.17) is 5.73 Å². The van der Waals surface area contributed by atoms with Gasteiger partial charge in [-0.25, -0.2) is 0 Å². The highest BCUT2D eigenvalue weighted by Gasteiger charge is 2.20. The summed E-state index contributed by atoms with van der Waals surface area (Å²) >= 11 is 0. The zero-order valence-corrected chi connectivity index (χ0v) is 10.3. The lowest BCUT2D eigenvalue weighted by molar-refractivity contribution is -0.123. The van der Waals surface area contributed by atoms with Gasteiger partial charge in [-0.1, -0.05) is 19.0 Å². The van der Waals surface area contributed by atoms with Gasteiger partial charge in [0.1, 0.15) is 0 Å². The molecule has 1 heterocycles. The van der Waals surface area contributed by atoms with Crippen LogP contribution in [0.4, 0.5) is 0 Å². The second kappa shape index (κ2) is 6.44. The SMILES string of the molecule is CC(NC(=O)C(N)C(C)C)c1ncon1.Cl. The molecule has 0 aliphatic rings. The monoisotopic (exact) mass is 248 g/mol. The van der Waals surface area contributed by atoms with E-state index in [1.54, 1.807) is 6.92 Å². The third-order valence-corrected chi connectivity index (χ3v) is 2.15. The average molecular weight is 249 g/mol. The second-order valence-electron chi connectivity index (χ2n) is 3.79. The maximum Gasteiger partial charge on any atom is 0.237 e. The molecule has 0 spiro atoms. The summed E-state index contributed by atoms with van der Waals surface area (Å²) in [6, 6.07) is -0.805. The number of aromatic nitrogens is 2. The van der Waals surface area contributed by atoms with Crippen LogP contribution in [0, 0.1) is 5.92 Å². The van der Waals surface area contributed by atoms with Crippen LogP contribution in [0.15, 0.2) is 10.9 Å². The molecule has 2 unspecified atom stereocenters. The number of rotatable bonds is 4. The molecule has 0 saturated heterocycles. The van der Waals surface area contributed by atoms with Crippen LogP contribution in [0.5, 0.6) is 0 Å². The first-order valence-electron chi connectivity index (χ1n) is 4.84. The molecule has 1 rings (SSSR count). The normalized spacial score (nSPS) is 14.1. The maximum absolute atomic E-state index is 11.6. The van der Waals surface area contributed by atoms with E-state index in [0.717, 1.165) is 0 Å². The molecular weight excluding hydrogens is 232 g/mol. The average Bonchev–Trinajstić information content (AvgIpc) is 2.68. The fourth-order valence-corrected chi connectivity index (χ4v) is 1.05. The lowest BCUT2D eigenvalue weighted by Gasteiger charge is -2.17. The van der Waals surface area contributed by atoms with Gasteiger partial charge in [-0.05, 0) is 12.8 Å². The van der Waals surface area contributed by atoms with Crippen molar-refractivity contribution in [3.63, 3.8) is 0 Å². The highest BCUT2D eigenvalue weighted by Crippen LogP contribution is 2.06. The highest BCUT2D eigenvalue weighted by atomic mass is 35.5. The molecule has 1 aromatic rings. The second-order valence-corrected chi connectivity index (χ2v) is 3.79. The van der Waals surface area contributed by atoms with Crippen molar-refractivity contribution in [3.8, 4) is 0 Å². The van der Waals surface area contributed by atoms with Gasteiger partial charge >= 0.3 is 0 Å². The zero-order valence-electron chi connectivity index (χ0n) is 9.51. The number of hydrogen-bond acceptors (Lipinski definition) is 5. The fraction of sp³-hybridized carbons (Fsp3) is 0.667. The Morgan fingerprint density at radius 2 is 2.12 bits per heavy atom. The number of nitrogens with two attached hydrogens (primary N) is 1. The van der Waals surface area contributed by atoms with E-state index < -0.39 is 6.04 Å². The van der Waals surface area contributed by atoms with Gasteiger partial charge in [0.05, 0.1) is 12.1 Å². The largest absolute Gasteiger partial charge is 0.345 e. The lowest BCUT2D eigenvalue weighted by atomic mass is 10.0. The van der Waals surface area contributed by atoms with E-state index in [2.05, 4.69) is 20.0 Å². The summed E-state index contributed by atoms with van der Waals surface area (Å²) in [6.45, 7) is 5.56. The summed E-state index contributed by atoms with van der Waals surface area (Å²) in [5.74, 6) is 0.337. The number of carbonyl (C=O) groups is 1. The molecule has 0 aromatic carbocycles. The topological polar surface area (TPSA) is 94.0 Å². The summed E-state index contributed by atoms with van der Waals surface area (Å²) in [7, 11) is 0. The lowest BCUT2D eigenvalue weighted by Crippen LogP contribution is -2.44. The molecule has 92 valence electrons. The van der Waals surface area contributed by atoms with E-state index >= 15 is 0 Å². The van der Waals surface area contributed by atoms with Crippen LogP contribution in [0.1, 0.15) is 32.6 Å². The van der Waals surface area contributed by atoms with Crippen LogP contribution in [0.2, 0.25) is 0 Å². The Balaban J connectivity index is 0.00000225. The van der Waals surface area contributed by atoms with Crippen molar-refractivity contribution in [3.05, 3.63) is 12.2 Å². The highest BCUT2D eigenvalue weighted by molar-refractivity contribution is 5.85. The van der Waals surface area contributed by atoms with E-state index in [9.17, 15) is 4.79 Å². The Morgan fingerprint density at radius 1 is 1.50 bits per heavy atom. The maximum atomic E-state index is 11.6. The molecule has 0 bridgehead atoms. The van der Waals surface area contributed by atoms with Crippen molar-refractivity contribution in [2.45, 2.75) is 32.9 Å². The van der Waals surface area contributed by atoms with Gasteiger partial charge in [0.25, 0.3) is 0 Å². The first kappa shape index (κ1) is 14.9. The van der Waals surface area contributed by atoms with Gasteiger partial charge in [0, 0.05) is 0 Å². The number of carbonyl (C=O) groups excluding carboxylic acids is 1. The van der Waals surface area contributed by atoms with Gasteiger partial charge in [-0.2, -0.15) is 4.98 Å². The first-order chi connectivity index (χ1) is 7.02. The van der Waals surface area contributed by atoms with Crippen molar-refractivity contribution in [2.24, 2.45) is 11.7 Å². The Bertz CT molecular complexity index is 315. The fourth-order valence-electron chi connectivity index (χ4n) is 1.05. The number of hydrogen-bond donors (Lipinski definition) is 2. The van der Waals surface area contributed by atoms with Gasteiger partial charge in [0.2, 0.25) is 12.3 Å². The first-order valence-corrected chi connectivity index (χ1v) is 4.84. The van der Waals surface area contributed by atoms with Gasteiger partial charge in [-0.3, -0.25) is 4.79 Å². The zero-order chi connectivity index (χ0) is 11.4. The summed E-state index contributed by atoms with van der Waals surface area (Å²) < 4.78 is 4.58. The predicted molar refractivity (Wildman–Crippen MR) is 60.9 cm³/mol. The minimum Gasteiger partial charge on any atom is -0.345 e. The Morgan fingerprint density at radius 3 is 2.56 bits per heavy atom. The molecule has 0 aliphatic heterocycles. The van der Waals surface area contributed by atoms with Crippen molar-refractivity contribution in [1.82, 2.24) is 15.5 Å². The standard InChI is InChI=1S/C9H16N4O2.ClH/c1-5(2)7(10)9(14)12-6(3)8-11-4-15-13-8;/h4-7H,10H2,1-3H3,(H,12,14);1H. The summed E-state index contributed by atoms with van der Waals surface area (Å²) in [5.41, 5.74) is 5.69. The van der Waals surface area contributed by atoms with Crippen molar-refractivity contribution >= 4 is 18.3 Å². The molecule has 0 fully saturated rings. The van der Waals surface area contributed by atoms with Crippen LogP contribution >= 0.6 is 12.4 Å². The molecule has 7 heteroatoms. The summed E-state index contributed by atoms with van der Waals surface area (Å²) in [4.78, 5) is 15.4. The molecule has 2 atom stereocenters. The minimum atomic E-state index is -0.514. The van der Waals surface area contributed by atoms with E-state index in [-0.39, 0.29) is 30.3 Å². The molecule has 0 saturated carbocycles. The molecule has 6 nitrogen and oxygen atoms in total. The van der Waals surface area contributed by atoms with E-state index in [1.807, 2.05) is 13.8 Å².